The molecule has 29 heavy (non-hydrogen) atoms. The van der Waals surface area contributed by atoms with Gasteiger partial charge in [0.2, 0.25) is 6.79 Å². The smallest absolute Gasteiger partial charge is 0.231 e. The third-order valence-electron chi connectivity index (χ3n) is 6.94. The average Bonchev–Trinajstić information content (AvgIpc) is 3.16. The van der Waals surface area contributed by atoms with Crippen LogP contribution in [0, 0.1) is 0 Å². The highest BCUT2D eigenvalue weighted by Crippen LogP contribution is 2.55. The minimum Gasteiger partial charge on any atom is -1.00 e. The van der Waals surface area contributed by atoms with Gasteiger partial charge in [0.25, 0.3) is 0 Å². The quantitative estimate of drug-likeness (QED) is 0.461. The van der Waals surface area contributed by atoms with Crippen molar-refractivity contribution >= 4 is 0 Å². The summed E-state index contributed by atoms with van der Waals surface area (Å²) in [7, 11) is 5.85. The molecule has 0 spiro atoms. The number of ether oxygens (including phenoxy) is 4. The Balaban J connectivity index is 0.00000205. The second kappa shape index (κ2) is 7.54. The lowest BCUT2D eigenvalue weighted by Gasteiger charge is -2.52. The first kappa shape index (κ1) is 20.6. The second-order valence-electron chi connectivity index (χ2n) is 8.34. The molecule has 5 rings (SSSR count). The summed E-state index contributed by atoms with van der Waals surface area (Å²) in [5, 5.41) is 0. The van der Waals surface area contributed by atoms with E-state index in [2.05, 4.69) is 38.2 Å². The average molecular weight is 509 g/mol. The van der Waals surface area contributed by atoms with Crippen molar-refractivity contribution in [2.75, 3.05) is 34.6 Å². The van der Waals surface area contributed by atoms with Crippen LogP contribution in [0.25, 0.3) is 0 Å². The van der Waals surface area contributed by atoms with Gasteiger partial charge in [-0.15, -0.1) is 0 Å². The van der Waals surface area contributed by atoms with Crippen LogP contribution in [0.2, 0.25) is 0 Å². The summed E-state index contributed by atoms with van der Waals surface area (Å²) < 4.78 is 23.7. The third-order valence-corrected chi connectivity index (χ3v) is 6.94. The molecule has 0 aliphatic carbocycles. The van der Waals surface area contributed by atoms with Gasteiger partial charge in [-0.1, -0.05) is 13.0 Å². The summed E-state index contributed by atoms with van der Waals surface area (Å²) in [4.78, 5) is 0. The fraction of sp³-hybridized carbons (Fsp3) is 0.478. The van der Waals surface area contributed by atoms with E-state index >= 15 is 0 Å². The van der Waals surface area contributed by atoms with Crippen molar-refractivity contribution < 1.29 is 47.4 Å². The van der Waals surface area contributed by atoms with Gasteiger partial charge in [-0.3, -0.25) is 0 Å². The SMILES string of the molecule is CC[C@H]1c2ccc(OC)c(OC)c2C[N@+]2(C)CCc3cc4c(cc3[C@H]12)OCO4.[I-]. The van der Waals surface area contributed by atoms with E-state index in [-0.39, 0.29) is 24.0 Å². The van der Waals surface area contributed by atoms with E-state index < -0.39 is 0 Å². The molecule has 3 atom stereocenters. The number of nitrogens with zero attached hydrogens (tertiary/aromatic N) is 1. The topological polar surface area (TPSA) is 36.9 Å². The first-order valence-electron chi connectivity index (χ1n) is 10.1. The molecular formula is C23H28INO4. The zero-order chi connectivity index (χ0) is 19.5. The minimum absolute atomic E-state index is 0. The molecule has 156 valence electrons. The number of methoxy groups -OCH3 is 2. The highest BCUT2D eigenvalue weighted by molar-refractivity contribution is 5.55. The van der Waals surface area contributed by atoms with Crippen molar-refractivity contribution in [3.05, 3.63) is 46.5 Å². The van der Waals surface area contributed by atoms with Gasteiger partial charge in [0.15, 0.2) is 23.0 Å². The molecule has 6 heteroatoms. The Bertz CT molecular complexity index is 947. The molecule has 3 aliphatic heterocycles. The van der Waals surface area contributed by atoms with Crippen molar-refractivity contribution in [2.24, 2.45) is 0 Å². The Morgan fingerprint density at radius 2 is 1.83 bits per heavy atom. The van der Waals surface area contributed by atoms with Crippen LogP contribution < -0.4 is 42.9 Å². The van der Waals surface area contributed by atoms with E-state index in [9.17, 15) is 0 Å². The number of hydrogen-bond donors (Lipinski definition) is 0. The molecule has 2 aromatic carbocycles. The minimum atomic E-state index is 0. The molecular weight excluding hydrogens is 481 g/mol. The second-order valence-corrected chi connectivity index (χ2v) is 8.34. The molecule has 0 unspecified atom stereocenters. The standard InChI is InChI=1S/C23H28NO4.HI/c1-5-15-16-6-7-19(25-3)23(26-4)18(16)12-24(2)9-8-14-10-20-21(28-13-27-20)11-17(14)22(15)24;/h6-7,10-11,15,22H,5,8-9,12-13H2,1-4H3;1H/q+1;/p-1/t15-,22-,24-;/m0./s1. The van der Waals surface area contributed by atoms with Crippen molar-refractivity contribution in [3.8, 4) is 23.0 Å². The summed E-state index contributed by atoms with van der Waals surface area (Å²) in [5.74, 6) is 3.92. The molecule has 0 saturated carbocycles. The first-order chi connectivity index (χ1) is 13.6. The highest BCUT2D eigenvalue weighted by atomic mass is 127. The maximum atomic E-state index is 5.81. The number of rotatable bonds is 3. The van der Waals surface area contributed by atoms with Crippen LogP contribution in [0.5, 0.6) is 23.0 Å². The van der Waals surface area contributed by atoms with Gasteiger partial charge in [-0.05, 0) is 35.7 Å². The van der Waals surface area contributed by atoms with Crippen LogP contribution in [0.3, 0.4) is 0 Å². The van der Waals surface area contributed by atoms with Crippen molar-refractivity contribution in [1.29, 1.82) is 0 Å². The fourth-order valence-corrected chi connectivity index (χ4v) is 5.66. The molecule has 3 heterocycles. The van der Waals surface area contributed by atoms with Gasteiger partial charge in [-0.2, -0.15) is 0 Å². The molecule has 0 amide bonds. The highest BCUT2D eigenvalue weighted by Gasteiger charge is 2.49. The van der Waals surface area contributed by atoms with E-state index in [0.717, 1.165) is 53.4 Å². The lowest BCUT2D eigenvalue weighted by molar-refractivity contribution is -0.958. The van der Waals surface area contributed by atoms with Crippen LogP contribution >= 0.6 is 0 Å². The van der Waals surface area contributed by atoms with Gasteiger partial charge in [0.1, 0.15) is 12.6 Å². The summed E-state index contributed by atoms with van der Waals surface area (Å²) >= 11 is 0. The van der Waals surface area contributed by atoms with Gasteiger partial charge < -0.3 is 47.4 Å². The number of quaternary nitrogens is 1. The molecule has 2 aromatic rings. The Labute approximate surface area is 189 Å². The Hall–Kier alpha value is -1.67. The zero-order valence-electron chi connectivity index (χ0n) is 17.5. The summed E-state index contributed by atoms with van der Waals surface area (Å²) in [6, 6.07) is 9.16. The first-order valence-corrected chi connectivity index (χ1v) is 10.1. The number of likely N-dealkylation sites (N-methyl/N-ethyl adjacent to an activating group) is 1. The van der Waals surface area contributed by atoms with Crippen LogP contribution in [0.1, 0.15) is 47.6 Å². The molecule has 5 nitrogen and oxygen atoms in total. The lowest BCUT2D eigenvalue weighted by Crippen LogP contribution is -3.00. The predicted octanol–water partition coefficient (Wildman–Crippen LogP) is 1.19. The van der Waals surface area contributed by atoms with Crippen molar-refractivity contribution in [1.82, 2.24) is 0 Å². The molecule has 0 radical (unpaired) electrons. The van der Waals surface area contributed by atoms with E-state index in [1.807, 2.05) is 0 Å². The molecule has 0 fully saturated rings. The Kier molecular flexibility index (Phi) is 5.36. The predicted molar refractivity (Wildman–Crippen MR) is 106 cm³/mol. The maximum Gasteiger partial charge on any atom is 0.231 e. The number of hydrogen-bond acceptors (Lipinski definition) is 4. The zero-order valence-corrected chi connectivity index (χ0v) is 19.6. The molecule has 0 aromatic heterocycles. The Morgan fingerprint density at radius 1 is 1.07 bits per heavy atom. The molecule has 0 bridgehead atoms. The van der Waals surface area contributed by atoms with Gasteiger partial charge in [-0.25, -0.2) is 0 Å². The summed E-state index contributed by atoms with van der Waals surface area (Å²) in [6.07, 6.45) is 2.13. The third kappa shape index (κ3) is 2.98. The molecule has 0 saturated heterocycles. The summed E-state index contributed by atoms with van der Waals surface area (Å²) in [6.45, 7) is 4.67. The van der Waals surface area contributed by atoms with Crippen LogP contribution in [0.15, 0.2) is 24.3 Å². The number of fused-ring (bicyclic) bond motifs is 5. The van der Waals surface area contributed by atoms with Crippen LogP contribution in [-0.2, 0) is 13.0 Å². The normalized spacial score (nSPS) is 25.9. The van der Waals surface area contributed by atoms with Gasteiger partial charge in [0, 0.05) is 17.9 Å². The van der Waals surface area contributed by atoms with Crippen molar-refractivity contribution in [3.63, 3.8) is 0 Å². The number of halogens is 1. The monoisotopic (exact) mass is 509 g/mol. The maximum absolute atomic E-state index is 5.81. The summed E-state index contributed by atoms with van der Waals surface area (Å²) in [5.41, 5.74) is 5.53. The van der Waals surface area contributed by atoms with Gasteiger partial charge >= 0.3 is 0 Å². The van der Waals surface area contributed by atoms with Crippen molar-refractivity contribution in [2.45, 2.75) is 38.3 Å². The van der Waals surface area contributed by atoms with E-state index in [4.69, 9.17) is 18.9 Å². The van der Waals surface area contributed by atoms with Crippen LogP contribution in [0.4, 0.5) is 0 Å². The Morgan fingerprint density at radius 3 is 2.52 bits per heavy atom. The van der Waals surface area contributed by atoms with Gasteiger partial charge in [0.05, 0.1) is 33.4 Å². The molecule has 3 aliphatic rings. The number of benzene rings is 2. The van der Waals surface area contributed by atoms with E-state index in [1.54, 1.807) is 14.2 Å². The fourth-order valence-electron chi connectivity index (χ4n) is 5.66. The van der Waals surface area contributed by atoms with E-state index in [1.165, 1.54) is 22.3 Å². The van der Waals surface area contributed by atoms with Crippen LogP contribution in [-0.4, -0.2) is 39.1 Å². The largest absolute Gasteiger partial charge is 1.00 e. The molecule has 0 N–H and O–H groups in total. The lowest BCUT2D eigenvalue weighted by atomic mass is 9.73. The van der Waals surface area contributed by atoms with E-state index in [0.29, 0.717) is 18.8 Å².